The minimum Gasteiger partial charge on any atom is -0.322 e. The molecule has 4 aromatic rings. The number of hydrogen-bond acceptors (Lipinski definition) is 5. The van der Waals surface area contributed by atoms with Gasteiger partial charge in [0.2, 0.25) is 0 Å². The molecule has 8 nitrogen and oxygen atoms in total. The molecule has 2 aliphatic heterocycles. The number of fused-ring (bicyclic) bond motifs is 3. The topological polar surface area (TPSA) is 104 Å². The standard InChI is InChI=1S/C27H15N3O5/c31-23(28-18-11-9-15-5-1-2-6-16(15)13-18)17-10-12-21-22(14-17)27(35)30(26(21)34)29-24(32)19-7-3-4-8-20(19)25(29)33/h1-14H,(H,28,31). The Morgan fingerprint density at radius 1 is 0.543 bits per heavy atom. The summed E-state index contributed by atoms with van der Waals surface area (Å²) in [5.41, 5.74) is 0.909. The quantitative estimate of drug-likeness (QED) is 0.466. The van der Waals surface area contributed by atoms with Crippen LogP contribution in [-0.4, -0.2) is 39.6 Å². The zero-order valence-corrected chi connectivity index (χ0v) is 18.0. The van der Waals surface area contributed by atoms with Crippen LogP contribution in [0.5, 0.6) is 0 Å². The van der Waals surface area contributed by atoms with Crippen molar-refractivity contribution in [1.29, 1.82) is 0 Å². The smallest absolute Gasteiger partial charge is 0.281 e. The number of nitrogens with zero attached hydrogens (tertiary/aromatic N) is 2. The van der Waals surface area contributed by atoms with Crippen molar-refractivity contribution < 1.29 is 24.0 Å². The van der Waals surface area contributed by atoms with Crippen LogP contribution in [0.2, 0.25) is 0 Å². The van der Waals surface area contributed by atoms with Crippen molar-refractivity contribution in [3.63, 3.8) is 0 Å². The highest BCUT2D eigenvalue weighted by Crippen LogP contribution is 2.31. The van der Waals surface area contributed by atoms with E-state index in [0.29, 0.717) is 15.7 Å². The molecule has 2 aliphatic rings. The Morgan fingerprint density at radius 2 is 1.09 bits per heavy atom. The van der Waals surface area contributed by atoms with E-state index in [1.807, 2.05) is 36.4 Å². The van der Waals surface area contributed by atoms with Crippen LogP contribution >= 0.6 is 0 Å². The Balaban J connectivity index is 1.29. The molecule has 0 unspecified atom stereocenters. The number of imide groups is 2. The Morgan fingerprint density at radius 3 is 1.74 bits per heavy atom. The highest BCUT2D eigenvalue weighted by atomic mass is 16.2. The monoisotopic (exact) mass is 461 g/mol. The van der Waals surface area contributed by atoms with E-state index in [1.165, 1.54) is 30.3 Å². The van der Waals surface area contributed by atoms with Crippen LogP contribution in [0.4, 0.5) is 5.69 Å². The van der Waals surface area contributed by atoms with Gasteiger partial charge in [-0.2, -0.15) is 10.0 Å². The number of anilines is 1. The van der Waals surface area contributed by atoms with Gasteiger partial charge in [0.05, 0.1) is 22.3 Å². The summed E-state index contributed by atoms with van der Waals surface area (Å²) in [7, 11) is 0. The van der Waals surface area contributed by atoms with E-state index in [2.05, 4.69) is 5.32 Å². The van der Waals surface area contributed by atoms with Gasteiger partial charge in [0.25, 0.3) is 29.5 Å². The van der Waals surface area contributed by atoms with Crippen LogP contribution in [0.25, 0.3) is 10.8 Å². The Bertz CT molecular complexity index is 1610. The van der Waals surface area contributed by atoms with Gasteiger partial charge in [0, 0.05) is 11.3 Å². The lowest BCUT2D eigenvalue weighted by molar-refractivity contribution is 0.00845. The second kappa shape index (κ2) is 7.46. The number of hydrazine groups is 1. The molecule has 0 saturated carbocycles. The van der Waals surface area contributed by atoms with Crippen LogP contribution < -0.4 is 5.32 Å². The largest absolute Gasteiger partial charge is 0.322 e. The van der Waals surface area contributed by atoms with Crippen molar-refractivity contribution in [3.8, 4) is 0 Å². The van der Waals surface area contributed by atoms with Crippen LogP contribution in [0.3, 0.4) is 0 Å². The molecule has 0 aromatic heterocycles. The minimum atomic E-state index is -0.847. The third-order valence-corrected chi connectivity index (χ3v) is 6.11. The van der Waals surface area contributed by atoms with Crippen molar-refractivity contribution >= 4 is 46.0 Å². The Hall–Kier alpha value is -5.11. The fraction of sp³-hybridized carbons (Fsp3) is 0. The molecular formula is C27H15N3O5. The van der Waals surface area contributed by atoms with Gasteiger partial charge in [-0.3, -0.25) is 24.0 Å². The maximum Gasteiger partial charge on any atom is 0.281 e. The number of carbonyl (C=O) groups is 5. The zero-order chi connectivity index (χ0) is 24.3. The van der Waals surface area contributed by atoms with Crippen molar-refractivity contribution in [1.82, 2.24) is 10.0 Å². The van der Waals surface area contributed by atoms with E-state index in [4.69, 9.17) is 0 Å². The maximum atomic E-state index is 13.1. The average molecular weight is 461 g/mol. The molecule has 35 heavy (non-hydrogen) atoms. The third-order valence-electron chi connectivity index (χ3n) is 6.11. The van der Waals surface area contributed by atoms with Crippen LogP contribution in [-0.2, 0) is 0 Å². The summed E-state index contributed by atoms with van der Waals surface area (Å²) in [5.74, 6) is -3.63. The van der Waals surface area contributed by atoms with Crippen molar-refractivity contribution in [2.24, 2.45) is 0 Å². The molecule has 0 fully saturated rings. The SMILES string of the molecule is O=C(Nc1ccc2ccccc2c1)c1ccc2c(c1)C(=O)N(N1C(=O)c3ccccc3C1=O)C2=O. The lowest BCUT2D eigenvalue weighted by Crippen LogP contribution is -2.49. The number of amides is 5. The van der Waals surface area contributed by atoms with Gasteiger partial charge >= 0.3 is 0 Å². The maximum absolute atomic E-state index is 13.1. The fourth-order valence-electron chi connectivity index (χ4n) is 4.38. The van der Waals surface area contributed by atoms with E-state index in [0.717, 1.165) is 10.8 Å². The molecule has 0 saturated heterocycles. The number of benzene rings is 4. The molecule has 1 N–H and O–H groups in total. The molecule has 4 aromatic carbocycles. The zero-order valence-electron chi connectivity index (χ0n) is 18.0. The van der Waals surface area contributed by atoms with Gasteiger partial charge in [-0.05, 0) is 53.2 Å². The highest BCUT2D eigenvalue weighted by molar-refractivity contribution is 6.28. The van der Waals surface area contributed by atoms with Crippen LogP contribution in [0, 0.1) is 0 Å². The number of carbonyl (C=O) groups excluding carboxylic acids is 5. The summed E-state index contributed by atoms with van der Waals surface area (Å²) < 4.78 is 0. The van der Waals surface area contributed by atoms with Crippen molar-refractivity contribution in [2.45, 2.75) is 0 Å². The first-order valence-electron chi connectivity index (χ1n) is 10.7. The van der Waals surface area contributed by atoms with Crippen LogP contribution in [0.1, 0.15) is 51.8 Å². The second-order valence-corrected chi connectivity index (χ2v) is 8.17. The van der Waals surface area contributed by atoms with E-state index in [1.54, 1.807) is 18.2 Å². The van der Waals surface area contributed by atoms with E-state index >= 15 is 0 Å². The molecule has 8 heteroatoms. The number of nitrogens with one attached hydrogen (secondary N) is 1. The summed E-state index contributed by atoms with van der Waals surface area (Å²) in [6, 6.07) is 23.4. The predicted molar refractivity (Wildman–Crippen MR) is 126 cm³/mol. The van der Waals surface area contributed by atoms with Gasteiger partial charge < -0.3 is 5.32 Å². The lowest BCUT2D eigenvalue weighted by Gasteiger charge is -2.23. The lowest BCUT2D eigenvalue weighted by atomic mass is 10.0. The molecule has 0 atom stereocenters. The minimum absolute atomic E-state index is 0.00816. The molecule has 5 amide bonds. The van der Waals surface area contributed by atoms with Gasteiger partial charge in [0.1, 0.15) is 0 Å². The number of hydrogen-bond donors (Lipinski definition) is 1. The van der Waals surface area contributed by atoms with Crippen molar-refractivity contribution in [2.75, 3.05) is 5.32 Å². The van der Waals surface area contributed by atoms with Gasteiger partial charge in [-0.15, -0.1) is 0 Å². The molecule has 6 rings (SSSR count). The summed E-state index contributed by atoms with van der Waals surface area (Å²) in [6.07, 6.45) is 0. The normalized spacial score (nSPS) is 14.5. The molecule has 0 spiro atoms. The van der Waals surface area contributed by atoms with Gasteiger partial charge in [-0.1, -0.05) is 42.5 Å². The molecule has 2 heterocycles. The third kappa shape index (κ3) is 3.04. The molecule has 0 bridgehead atoms. The van der Waals surface area contributed by atoms with Crippen LogP contribution in [0.15, 0.2) is 84.9 Å². The fourth-order valence-corrected chi connectivity index (χ4v) is 4.38. The summed E-state index contributed by atoms with van der Waals surface area (Å²) in [5, 5.41) is 5.88. The first kappa shape index (κ1) is 20.5. The highest BCUT2D eigenvalue weighted by Gasteiger charge is 2.48. The summed E-state index contributed by atoms with van der Waals surface area (Å²) >= 11 is 0. The summed E-state index contributed by atoms with van der Waals surface area (Å²) in [4.78, 5) is 64.6. The molecular weight excluding hydrogens is 446 g/mol. The summed E-state index contributed by atoms with van der Waals surface area (Å²) in [6.45, 7) is 0. The Kier molecular flexibility index (Phi) is 4.37. The van der Waals surface area contributed by atoms with E-state index < -0.39 is 29.5 Å². The predicted octanol–water partition coefficient (Wildman–Crippen LogP) is 3.90. The first-order valence-corrected chi connectivity index (χ1v) is 10.7. The molecule has 168 valence electrons. The average Bonchev–Trinajstić information content (AvgIpc) is 3.27. The molecule has 0 radical (unpaired) electrons. The van der Waals surface area contributed by atoms with Gasteiger partial charge in [-0.25, -0.2) is 0 Å². The van der Waals surface area contributed by atoms with Gasteiger partial charge in [0.15, 0.2) is 0 Å². The first-order chi connectivity index (χ1) is 16.9. The van der Waals surface area contributed by atoms with E-state index in [-0.39, 0.29) is 27.8 Å². The Labute approximate surface area is 198 Å². The van der Waals surface area contributed by atoms with E-state index in [9.17, 15) is 24.0 Å². The molecule has 0 aliphatic carbocycles. The van der Waals surface area contributed by atoms with Crippen molar-refractivity contribution in [3.05, 3.63) is 113 Å². The second-order valence-electron chi connectivity index (χ2n) is 8.17. The number of rotatable bonds is 3.